The van der Waals surface area contributed by atoms with Crippen LogP contribution in [0.25, 0.3) is 16.6 Å². The number of ether oxygens (including phenoxy) is 1. The number of hydrogen-bond acceptors (Lipinski definition) is 4. The Labute approximate surface area is 203 Å². The number of para-hydroxylation sites is 1. The Bertz CT molecular complexity index is 1470. The lowest BCUT2D eigenvalue weighted by Gasteiger charge is -2.15. The number of methoxy groups -OCH3 is 1. The van der Waals surface area contributed by atoms with E-state index in [1.54, 1.807) is 54.1 Å². The highest BCUT2D eigenvalue weighted by Gasteiger charge is 2.15. The van der Waals surface area contributed by atoms with Crippen molar-refractivity contribution in [3.63, 3.8) is 0 Å². The number of hydrogen-bond donors (Lipinski definition) is 1. The van der Waals surface area contributed by atoms with E-state index in [9.17, 15) is 14.4 Å². The van der Waals surface area contributed by atoms with Crippen LogP contribution in [-0.2, 0) is 17.8 Å². The first kappa shape index (κ1) is 24.0. The standard InChI is InChI=1S/C28H29N3O4/c1-19(2)17-29-26(32)16-20-11-13-22(14-12-20)31-27(33)24-9-4-5-10-25(24)30(28(31)34)18-21-7-6-8-23(15-21)35-3/h4-15,19H,16-18H2,1-3H3,(H,29,32). The van der Waals surface area contributed by atoms with Crippen molar-refractivity contribution in [3.8, 4) is 11.4 Å². The molecule has 0 radical (unpaired) electrons. The molecule has 0 atom stereocenters. The third-order valence-electron chi connectivity index (χ3n) is 5.79. The van der Waals surface area contributed by atoms with Crippen molar-refractivity contribution in [2.45, 2.75) is 26.8 Å². The Morgan fingerprint density at radius 3 is 2.40 bits per heavy atom. The average molecular weight is 472 g/mol. The van der Waals surface area contributed by atoms with Gasteiger partial charge in [0.15, 0.2) is 0 Å². The second kappa shape index (κ2) is 10.4. The molecule has 0 fully saturated rings. The third-order valence-corrected chi connectivity index (χ3v) is 5.79. The lowest BCUT2D eigenvalue weighted by molar-refractivity contribution is -0.120. The maximum atomic E-state index is 13.6. The van der Waals surface area contributed by atoms with Crippen LogP contribution in [0.2, 0.25) is 0 Å². The summed E-state index contributed by atoms with van der Waals surface area (Å²) in [5.41, 5.74) is 1.90. The van der Waals surface area contributed by atoms with Gasteiger partial charge in [-0.3, -0.25) is 14.2 Å². The van der Waals surface area contributed by atoms with Crippen LogP contribution < -0.4 is 21.3 Å². The minimum absolute atomic E-state index is 0.0602. The number of carbonyl (C=O) groups is 1. The summed E-state index contributed by atoms with van der Waals surface area (Å²) in [6.45, 7) is 4.98. The highest BCUT2D eigenvalue weighted by atomic mass is 16.5. The first-order chi connectivity index (χ1) is 16.9. The largest absolute Gasteiger partial charge is 0.497 e. The monoisotopic (exact) mass is 471 g/mol. The van der Waals surface area contributed by atoms with Gasteiger partial charge in [0.1, 0.15) is 5.75 Å². The molecule has 180 valence electrons. The molecule has 0 aliphatic carbocycles. The number of benzene rings is 3. The number of fused-ring (bicyclic) bond motifs is 1. The maximum Gasteiger partial charge on any atom is 0.336 e. The van der Waals surface area contributed by atoms with E-state index in [4.69, 9.17) is 4.74 Å². The van der Waals surface area contributed by atoms with Gasteiger partial charge < -0.3 is 10.1 Å². The Balaban J connectivity index is 1.73. The molecule has 0 saturated carbocycles. The van der Waals surface area contributed by atoms with Gasteiger partial charge in [-0.05, 0) is 53.4 Å². The van der Waals surface area contributed by atoms with E-state index in [1.165, 1.54) is 4.57 Å². The fourth-order valence-electron chi connectivity index (χ4n) is 3.98. The maximum absolute atomic E-state index is 13.6. The van der Waals surface area contributed by atoms with E-state index in [0.717, 1.165) is 11.1 Å². The van der Waals surface area contributed by atoms with Crippen molar-refractivity contribution in [1.29, 1.82) is 0 Å². The van der Waals surface area contributed by atoms with Crippen LogP contribution in [0.4, 0.5) is 0 Å². The summed E-state index contributed by atoms with van der Waals surface area (Å²) in [4.78, 5) is 39.1. The van der Waals surface area contributed by atoms with Gasteiger partial charge in [-0.1, -0.05) is 50.2 Å². The Kier molecular flexibility index (Phi) is 7.15. The molecule has 4 aromatic rings. The lowest BCUT2D eigenvalue weighted by atomic mass is 10.1. The van der Waals surface area contributed by atoms with Crippen LogP contribution in [0.1, 0.15) is 25.0 Å². The molecular formula is C28H29N3O4. The predicted molar refractivity (Wildman–Crippen MR) is 137 cm³/mol. The fourth-order valence-corrected chi connectivity index (χ4v) is 3.98. The lowest BCUT2D eigenvalue weighted by Crippen LogP contribution is -2.39. The van der Waals surface area contributed by atoms with E-state index in [-0.39, 0.29) is 24.4 Å². The summed E-state index contributed by atoms with van der Waals surface area (Å²) in [6.07, 6.45) is 0.236. The van der Waals surface area contributed by atoms with Crippen molar-refractivity contribution < 1.29 is 9.53 Å². The van der Waals surface area contributed by atoms with Crippen LogP contribution in [-0.4, -0.2) is 28.7 Å². The summed E-state index contributed by atoms with van der Waals surface area (Å²) >= 11 is 0. The van der Waals surface area contributed by atoms with Gasteiger partial charge in [-0.25, -0.2) is 9.36 Å². The molecule has 0 unspecified atom stereocenters. The predicted octanol–water partition coefficient (Wildman–Crippen LogP) is 3.52. The SMILES string of the molecule is COc1cccc(Cn2c(=O)n(-c3ccc(CC(=O)NCC(C)C)cc3)c(=O)c3ccccc32)c1. The van der Waals surface area contributed by atoms with Crippen LogP contribution in [0, 0.1) is 5.92 Å². The van der Waals surface area contributed by atoms with Gasteiger partial charge in [-0.2, -0.15) is 0 Å². The van der Waals surface area contributed by atoms with E-state index >= 15 is 0 Å². The Morgan fingerprint density at radius 2 is 1.69 bits per heavy atom. The van der Waals surface area contributed by atoms with Gasteiger partial charge in [0.05, 0.1) is 36.7 Å². The summed E-state index contributed by atoms with van der Waals surface area (Å²) in [5, 5.41) is 3.35. The van der Waals surface area contributed by atoms with Crippen molar-refractivity contribution in [1.82, 2.24) is 14.5 Å². The number of carbonyl (C=O) groups excluding carboxylic acids is 1. The van der Waals surface area contributed by atoms with Crippen molar-refractivity contribution in [3.05, 3.63) is 105 Å². The van der Waals surface area contributed by atoms with Gasteiger partial charge in [0.25, 0.3) is 5.56 Å². The number of amides is 1. The zero-order valence-corrected chi connectivity index (χ0v) is 20.2. The van der Waals surface area contributed by atoms with E-state index in [1.807, 2.05) is 44.2 Å². The molecule has 0 aliphatic rings. The highest BCUT2D eigenvalue weighted by molar-refractivity contribution is 5.79. The van der Waals surface area contributed by atoms with E-state index in [2.05, 4.69) is 5.32 Å². The minimum atomic E-state index is -0.432. The number of rotatable bonds is 8. The van der Waals surface area contributed by atoms with Crippen LogP contribution in [0.15, 0.2) is 82.4 Å². The molecule has 7 heteroatoms. The molecule has 1 aromatic heterocycles. The zero-order valence-electron chi connectivity index (χ0n) is 20.2. The molecule has 0 saturated heterocycles. The smallest absolute Gasteiger partial charge is 0.336 e. The zero-order chi connectivity index (χ0) is 24.9. The molecule has 0 aliphatic heterocycles. The van der Waals surface area contributed by atoms with Gasteiger partial charge in [0.2, 0.25) is 5.91 Å². The molecule has 35 heavy (non-hydrogen) atoms. The first-order valence-electron chi connectivity index (χ1n) is 11.6. The van der Waals surface area contributed by atoms with Crippen molar-refractivity contribution in [2.75, 3.05) is 13.7 Å². The van der Waals surface area contributed by atoms with Crippen LogP contribution in [0.3, 0.4) is 0 Å². The minimum Gasteiger partial charge on any atom is -0.497 e. The topological polar surface area (TPSA) is 82.3 Å². The van der Waals surface area contributed by atoms with E-state index in [0.29, 0.717) is 34.8 Å². The van der Waals surface area contributed by atoms with Crippen LogP contribution in [0.5, 0.6) is 5.75 Å². The number of nitrogens with zero attached hydrogens (tertiary/aromatic N) is 2. The molecule has 3 aromatic carbocycles. The average Bonchev–Trinajstić information content (AvgIpc) is 2.86. The number of nitrogens with one attached hydrogen (secondary N) is 1. The molecule has 0 bridgehead atoms. The molecule has 1 heterocycles. The molecule has 0 spiro atoms. The Hall–Kier alpha value is -4.13. The summed E-state index contributed by atoms with van der Waals surface area (Å²) in [6, 6.07) is 21.6. The normalized spacial score (nSPS) is 11.1. The van der Waals surface area contributed by atoms with Gasteiger partial charge in [-0.15, -0.1) is 0 Å². The summed E-state index contributed by atoms with van der Waals surface area (Å²) in [5.74, 6) is 1.01. The van der Waals surface area contributed by atoms with E-state index < -0.39 is 5.69 Å². The molecule has 1 N–H and O–H groups in total. The Morgan fingerprint density at radius 1 is 0.943 bits per heavy atom. The highest BCUT2D eigenvalue weighted by Crippen LogP contribution is 2.16. The quantitative estimate of drug-likeness (QED) is 0.426. The van der Waals surface area contributed by atoms with Crippen molar-refractivity contribution in [2.24, 2.45) is 5.92 Å². The fraction of sp³-hybridized carbons (Fsp3) is 0.250. The van der Waals surface area contributed by atoms with Gasteiger partial charge in [0, 0.05) is 6.54 Å². The molecule has 7 nitrogen and oxygen atoms in total. The summed E-state index contributed by atoms with van der Waals surface area (Å²) < 4.78 is 8.10. The third kappa shape index (κ3) is 5.35. The van der Waals surface area contributed by atoms with Crippen LogP contribution >= 0.6 is 0 Å². The second-order valence-corrected chi connectivity index (χ2v) is 8.92. The first-order valence-corrected chi connectivity index (χ1v) is 11.6. The van der Waals surface area contributed by atoms with Crippen molar-refractivity contribution >= 4 is 16.8 Å². The molecule has 1 amide bonds. The molecule has 4 rings (SSSR count). The van der Waals surface area contributed by atoms with Gasteiger partial charge >= 0.3 is 5.69 Å². The molecular weight excluding hydrogens is 442 g/mol. The second-order valence-electron chi connectivity index (χ2n) is 8.92. The number of aromatic nitrogens is 2. The summed E-state index contributed by atoms with van der Waals surface area (Å²) in [7, 11) is 1.60.